The number of likely N-dealkylation sites (tertiary alicyclic amines) is 1. The largest absolute Gasteiger partial charge is 0.493 e. The summed E-state index contributed by atoms with van der Waals surface area (Å²) in [5.41, 5.74) is 1.09. The van der Waals surface area contributed by atoms with Gasteiger partial charge in [-0.2, -0.15) is 0 Å². The summed E-state index contributed by atoms with van der Waals surface area (Å²) in [6.45, 7) is 3.05. The molecule has 6 heteroatoms. The minimum absolute atomic E-state index is 0.136. The van der Waals surface area contributed by atoms with Gasteiger partial charge < -0.3 is 9.64 Å². The predicted molar refractivity (Wildman–Crippen MR) is 102 cm³/mol. The lowest BCUT2D eigenvalue weighted by Crippen LogP contribution is -2.45. The predicted octanol–water partition coefficient (Wildman–Crippen LogP) is 2.97. The number of hydrogen-bond donors (Lipinski definition) is 0. The number of nitrogens with zero attached hydrogens (tertiary/aromatic N) is 3. The van der Waals surface area contributed by atoms with E-state index in [9.17, 15) is 9.18 Å². The average molecular weight is 371 g/mol. The van der Waals surface area contributed by atoms with Crippen molar-refractivity contribution < 1.29 is 13.9 Å². The summed E-state index contributed by atoms with van der Waals surface area (Å²) in [5.74, 6) is 0.644. The Morgan fingerprint density at radius 2 is 2.26 bits per heavy atom. The first kappa shape index (κ1) is 19.3. The SMILES string of the molecule is CN(CC(=O)N1CCCC(COc2cccc(F)c2)C1)Cc1cccnc1. The molecule has 1 unspecified atom stereocenters. The average Bonchev–Trinajstić information content (AvgIpc) is 2.67. The molecule has 5 nitrogen and oxygen atoms in total. The molecule has 144 valence electrons. The van der Waals surface area contributed by atoms with Crippen LogP contribution in [0.25, 0.3) is 0 Å². The van der Waals surface area contributed by atoms with Gasteiger partial charge in [-0.05, 0) is 43.7 Å². The molecule has 0 bridgehead atoms. The van der Waals surface area contributed by atoms with Gasteiger partial charge in [0.1, 0.15) is 11.6 Å². The number of pyridine rings is 1. The first-order chi connectivity index (χ1) is 13.1. The number of amides is 1. The third kappa shape index (κ3) is 6.03. The molecule has 2 heterocycles. The molecule has 3 rings (SSSR count). The van der Waals surface area contributed by atoms with E-state index >= 15 is 0 Å². The molecule has 0 N–H and O–H groups in total. The maximum Gasteiger partial charge on any atom is 0.236 e. The highest BCUT2D eigenvalue weighted by atomic mass is 19.1. The second-order valence-electron chi connectivity index (χ2n) is 7.15. The smallest absolute Gasteiger partial charge is 0.236 e. The number of halogens is 1. The first-order valence-electron chi connectivity index (χ1n) is 9.34. The molecule has 0 radical (unpaired) electrons. The van der Waals surface area contributed by atoms with Gasteiger partial charge in [0.25, 0.3) is 0 Å². The van der Waals surface area contributed by atoms with Gasteiger partial charge in [-0.3, -0.25) is 14.7 Å². The molecule has 1 aromatic heterocycles. The summed E-state index contributed by atoms with van der Waals surface area (Å²) in [6, 6.07) is 10.1. The zero-order valence-corrected chi connectivity index (χ0v) is 15.7. The number of hydrogen-bond acceptors (Lipinski definition) is 4. The maximum absolute atomic E-state index is 13.2. The van der Waals surface area contributed by atoms with Crippen molar-refractivity contribution in [2.24, 2.45) is 5.92 Å². The Kier molecular flexibility index (Phi) is 6.76. The molecule has 1 atom stereocenters. The van der Waals surface area contributed by atoms with E-state index in [1.54, 1.807) is 18.3 Å². The van der Waals surface area contributed by atoms with Crippen LogP contribution in [-0.4, -0.2) is 54.0 Å². The van der Waals surface area contributed by atoms with Crippen molar-refractivity contribution >= 4 is 5.91 Å². The van der Waals surface area contributed by atoms with Gasteiger partial charge in [0, 0.05) is 44.0 Å². The van der Waals surface area contributed by atoms with Crippen LogP contribution in [-0.2, 0) is 11.3 Å². The molecule has 1 amide bonds. The molecule has 1 aliphatic rings. The lowest BCUT2D eigenvalue weighted by Gasteiger charge is -2.33. The van der Waals surface area contributed by atoms with Gasteiger partial charge in [0.2, 0.25) is 5.91 Å². The van der Waals surface area contributed by atoms with Crippen molar-refractivity contribution in [1.82, 2.24) is 14.8 Å². The summed E-state index contributed by atoms with van der Waals surface area (Å²) in [4.78, 5) is 20.7. The number of piperidine rings is 1. The highest BCUT2D eigenvalue weighted by Crippen LogP contribution is 2.19. The van der Waals surface area contributed by atoms with E-state index in [-0.39, 0.29) is 17.6 Å². The Morgan fingerprint density at radius 3 is 3.04 bits per heavy atom. The Labute approximate surface area is 159 Å². The molecular weight excluding hydrogens is 345 g/mol. The molecular formula is C21H26FN3O2. The quantitative estimate of drug-likeness (QED) is 0.751. The van der Waals surface area contributed by atoms with E-state index in [0.29, 0.717) is 32.0 Å². The van der Waals surface area contributed by atoms with Gasteiger partial charge >= 0.3 is 0 Å². The molecule has 1 fully saturated rings. The Balaban J connectivity index is 1.46. The standard InChI is InChI=1S/C21H26FN3O2/c1-24(13-17-5-3-9-23-12-17)15-21(26)25-10-4-6-18(14-25)16-27-20-8-2-7-19(22)11-20/h2-3,5,7-9,11-12,18H,4,6,10,13-16H2,1H3. The fourth-order valence-corrected chi connectivity index (χ4v) is 3.39. The highest BCUT2D eigenvalue weighted by Gasteiger charge is 2.24. The van der Waals surface area contributed by atoms with E-state index in [0.717, 1.165) is 24.9 Å². The van der Waals surface area contributed by atoms with E-state index < -0.39 is 0 Å². The number of ether oxygens (including phenoxy) is 1. The third-order valence-electron chi connectivity index (χ3n) is 4.73. The number of rotatable bonds is 7. The normalized spacial score (nSPS) is 17.1. The zero-order chi connectivity index (χ0) is 19.1. The zero-order valence-electron chi connectivity index (χ0n) is 15.7. The third-order valence-corrected chi connectivity index (χ3v) is 4.73. The van der Waals surface area contributed by atoms with Gasteiger partial charge in [-0.25, -0.2) is 4.39 Å². The molecule has 2 aromatic rings. The van der Waals surface area contributed by atoms with Crippen LogP contribution < -0.4 is 4.74 Å². The Hall–Kier alpha value is -2.47. The van der Waals surface area contributed by atoms with Gasteiger partial charge in [0.15, 0.2) is 0 Å². The minimum Gasteiger partial charge on any atom is -0.493 e. The van der Waals surface area contributed by atoms with E-state index in [4.69, 9.17) is 4.74 Å². The summed E-state index contributed by atoms with van der Waals surface area (Å²) in [5, 5.41) is 0. The molecule has 0 spiro atoms. The molecule has 1 saturated heterocycles. The van der Waals surface area contributed by atoms with Crippen LogP contribution in [0.2, 0.25) is 0 Å². The summed E-state index contributed by atoms with van der Waals surface area (Å²) < 4.78 is 19.0. The summed E-state index contributed by atoms with van der Waals surface area (Å²) >= 11 is 0. The second-order valence-corrected chi connectivity index (χ2v) is 7.15. The van der Waals surface area contributed by atoms with Crippen LogP contribution in [0.1, 0.15) is 18.4 Å². The van der Waals surface area contributed by atoms with Crippen molar-refractivity contribution in [2.75, 3.05) is 33.3 Å². The van der Waals surface area contributed by atoms with Crippen molar-refractivity contribution in [3.63, 3.8) is 0 Å². The van der Waals surface area contributed by atoms with Crippen molar-refractivity contribution in [1.29, 1.82) is 0 Å². The number of likely N-dealkylation sites (N-methyl/N-ethyl adjacent to an activating group) is 1. The molecule has 0 saturated carbocycles. The summed E-state index contributed by atoms with van der Waals surface area (Å²) in [6.07, 6.45) is 5.55. The van der Waals surface area contributed by atoms with Crippen molar-refractivity contribution in [3.8, 4) is 5.75 Å². The monoisotopic (exact) mass is 371 g/mol. The van der Waals surface area contributed by atoms with Gasteiger partial charge in [-0.1, -0.05) is 12.1 Å². The van der Waals surface area contributed by atoms with Crippen LogP contribution in [0.5, 0.6) is 5.75 Å². The second kappa shape index (κ2) is 9.46. The summed E-state index contributed by atoms with van der Waals surface area (Å²) in [7, 11) is 1.94. The molecule has 1 aliphatic heterocycles. The number of carbonyl (C=O) groups excluding carboxylic acids is 1. The van der Waals surface area contributed by atoms with Crippen LogP contribution in [0, 0.1) is 11.7 Å². The number of benzene rings is 1. The first-order valence-corrected chi connectivity index (χ1v) is 9.34. The number of carbonyl (C=O) groups is 1. The fourth-order valence-electron chi connectivity index (χ4n) is 3.39. The fraction of sp³-hybridized carbons (Fsp3) is 0.429. The topological polar surface area (TPSA) is 45.7 Å². The molecule has 0 aliphatic carbocycles. The Morgan fingerprint density at radius 1 is 1.37 bits per heavy atom. The van der Waals surface area contributed by atoms with Crippen molar-refractivity contribution in [3.05, 3.63) is 60.2 Å². The Bertz CT molecular complexity index is 741. The van der Waals surface area contributed by atoms with E-state index in [1.165, 1.54) is 12.1 Å². The van der Waals surface area contributed by atoms with Crippen LogP contribution in [0.3, 0.4) is 0 Å². The van der Waals surface area contributed by atoms with E-state index in [1.807, 2.05) is 35.2 Å². The highest BCUT2D eigenvalue weighted by molar-refractivity contribution is 5.78. The van der Waals surface area contributed by atoms with Gasteiger partial charge in [-0.15, -0.1) is 0 Å². The van der Waals surface area contributed by atoms with E-state index in [2.05, 4.69) is 4.98 Å². The van der Waals surface area contributed by atoms with Crippen LogP contribution in [0.15, 0.2) is 48.8 Å². The lowest BCUT2D eigenvalue weighted by atomic mass is 9.99. The van der Waals surface area contributed by atoms with Crippen LogP contribution in [0.4, 0.5) is 4.39 Å². The number of aromatic nitrogens is 1. The van der Waals surface area contributed by atoms with Crippen LogP contribution >= 0.6 is 0 Å². The van der Waals surface area contributed by atoms with Crippen molar-refractivity contribution in [2.45, 2.75) is 19.4 Å². The van der Waals surface area contributed by atoms with Gasteiger partial charge in [0.05, 0.1) is 13.2 Å². The maximum atomic E-state index is 13.2. The molecule has 1 aromatic carbocycles. The minimum atomic E-state index is -0.301. The molecule has 27 heavy (non-hydrogen) atoms. The lowest BCUT2D eigenvalue weighted by molar-refractivity contribution is -0.134.